The van der Waals surface area contributed by atoms with Crippen molar-refractivity contribution in [1.29, 1.82) is 0 Å². The van der Waals surface area contributed by atoms with Gasteiger partial charge in [-0.2, -0.15) is 0 Å². The number of hydrogen-bond acceptors (Lipinski definition) is 7. The number of carbonyl (C=O) groups is 5. The molecule has 0 bridgehead atoms. The third-order valence-corrected chi connectivity index (χ3v) is 6.22. The summed E-state index contributed by atoms with van der Waals surface area (Å²) in [7, 11) is 0. The van der Waals surface area contributed by atoms with Crippen molar-refractivity contribution in [2.75, 3.05) is 13.1 Å². The van der Waals surface area contributed by atoms with E-state index in [1.54, 1.807) is 6.92 Å². The van der Waals surface area contributed by atoms with Gasteiger partial charge in [0.25, 0.3) is 0 Å². The van der Waals surface area contributed by atoms with E-state index in [4.69, 9.17) is 17.2 Å². The summed E-state index contributed by atoms with van der Waals surface area (Å²) in [4.78, 5) is 63.0. The zero-order valence-electron chi connectivity index (χ0n) is 20.1. The average Bonchev–Trinajstić information content (AvgIpc) is 3.29. The molecule has 0 aromatic rings. The van der Waals surface area contributed by atoms with Crippen LogP contribution in [0.1, 0.15) is 65.2 Å². The fourth-order valence-electron chi connectivity index (χ4n) is 3.88. The molecule has 5 unspecified atom stereocenters. The molecule has 0 radical (unpaired) electrons. The summed E-state index contributed by atoms with van der Waals surface area (Å²) in [5.41, 5.74) is 16.6. The van der Waals surface area contributed by atoms with Gasteiger partial charge in [-0.15, -0.1) is 0 Å². The minimum atomic E-state index is -1.13. The molecule has 1 aliphatic rings. The monoisotopic (exact) mass is 484 g/mol. The Hall–Kier alpha value is -2.73. The van der Waals surface area contributed by atoms with Crippen LogP contribution in [0.25, 0.3) is 0 Å². The van der Waals surface area contributed by atoms with Crippen molar-refractivity contribution in [3.05, 3.63) is 0 Å². The Bertz CT molecular complexity index is 733. The van der Waals surface area contributed by atoms with E-state index in [1.807, 2.05) is 6.92 Å². The molecule has 1 fully saturated rings. The van der Waals surface area contributed by atoms with Crippen LogP contribution in [0, 0.1) is 5.92 Å². The number of unbranched alkanes of at least 4 members (excludes halogenated alkanes) is 1. The SMILES string of the molecule is CCC(C)C(NC(=O)C(CCC(N)=O)NC(=O)C(N)CCCCN)C(=O)N1CCCC1C(=O)O. The molecule has 5 atom stereocenters. The predicted molar refractivity (Wildman–Crippen MR) is 125 cm³/mol. The lowest BCUT2D eigenvalue weighted by molar-refractivity contribution is -0.150. The van der Waals surface area contributed by atoms with Gasteiger partial charge in [0.2, 0.25) is 23.6 Å². The number of likely N-dealkylation sites (tertiary alicyclic amines) is 1. The number of nitrogens with two attached hydrogens (primary N) is 3. The molecule has 4 amide bonds. The van der Waals surface area contributed by atoms with E-state index in [-0.39, 0.29) is 25.3 Å². The first-order valence-electron chi connectivity index (χ1n) is 11.9. The van der Waals surface area contributed by atoms with Crippen LogP contribution in [0.5, 0.6) is 0 Å². The van der Waals surface area contributed by atoms with Gasteiger partial charge in [-0.05, 0) is 44.6 Å². The van der Waals surface area contributed by atoms with Crippen LogP contribution in [0.4, 0.5) is 0 Å². The number of nitrogens with zero attached hydrogens (tertiary/aromatic N) is 1. The first-order chi connectivity index (χ1) is 16.0. The van der Waals surface area contributed by atoms with E-state index in [1.165, 1.54) is 4.90 Å². The van der Waals surface area contributed by atoms with E-state index in [2.05, 4.69) is 10.6 Å². The highest BCUT2D eigenvalue weighted by atomic mass is 16.4. The van der Waals surface area contributed by atoms with Gasteiger partial charge in [-0.1, -0.05) is 26.7 Å². The number of nitrogens with one attached hydrogen (secondary N) is 2. The van der Waals surface area contributed by atoms with Crippen molar-refractivity contribution in [2.45, 2.75) is 89.4 Å². The molecule has 1 saturated heterocycles. The number of aliphatic carboxylic acids is 1. The third kappa shape index (κ3) is 8.90. The first-order valence-corrected chi connectivity index (χ1v) is 11.9. The Morgan fingerprint density at radius 2 is 1.76 bits per heavy atom. The topological polar surface area (TPSA) is 211 Å². The number of amides is 4. The zero-order valence-corrected chi connectivity index (χ0v) is 20.1. The van der Waals surface area contributed by atoms with Gasteiger partial charge in [0.1, 0.15) is 18.1 Å². The summed E-state index contributed by atoms with van der Waals surface area (Å²) >= 11 is 0. The summed E-state index contributed by atoms with van der Waals surface area (Å²) in [6, 6.07) is -3.91. The van der Waals surface area contributed by atoms with Crippen molar-refractivity contribution in [1.82, 2.24) is 15.5 Å². The molecule has 194 valence electrons. The zero-order chi connectivity index (χ0) is 25.8. The van der Waals surface area contributed by atoms with Gasteiger partial charge in [0.05, 0.1) is 6.04 Å². The van der Waals surface area contributed by atoms with Gasteiger partial charge in [0, 0.05) is 13.0 Å². The van der Waals surface area contributed by atoms with E-state index in [0.29, 0.717) is 45.1 Å². The van der Waals surface area contributed by atoms with E-state index in [0.717, 1.165) is 0 Å². The largest absolute Gasteiger partial charge is 0.480 e. The van der Waals surface area contributed by atoms with Gasteiger partial charge in [-0.25, -0.2) is 4.79 Å². The Labute approximate surface area is 200 Å². The van der Waals surface area contributed by atoms with E-state index in [9.17, 15) is 29.1 Å². The van der Waals surface area contributed by atoms with Crippen molar-refractivity contribution in [3.8, 4) is 0 Å². The normalized spacial score (nSPS) is 19.1. The molecule has 9 N–H and O–H groups in total. The first kappa shape index (κ1) is 29.3. The molecule has 1 aliphatic heterocycles. The molecule has 1 heterocycles. The molecule has 12 heteroatoms. The Balaban J connectivity index is 2.99. The summed E-state index contributed by atoms with van der Waals surface area (Å²) in [5.74, 6) is -3.72. The lowest BCUT2D eigenvalue weighted by Gasteiger charge is -2.31. The lowest BCUT2D eigenvalue weighted by atomic mass is 9.96. The molecule has 34 heavy (non-hydrogen) atoms. The Morgan fingerprint density at radius 1 is 1.09 bits per heavy atom. The van der Waals surface area contributed by atoms with Crippen molar-refractivity contribution >= 4 is 29.6 Å². The Kier molecular flexibility index (Phi) is 12.5. The Morgan fingerprint density at radius 3 is 2.32 bits per heavy atom. The second kappa shape index (κ2) is 14.5. The lowest BCUT2D eigenvalue weighted by Crippen LogP contribution is -2.58. The number of carboxylic acid groups (broad SMARTS) is 1. The van der Waals surface area contributed by atoms with Crippen molar-refractivity contribution in [2.24, 2.45) is 23.1 Å². The predicted octanol–water partition coefficient (Wildman–Crippen LogP) is -1.20. The number of carboxylic acids is 1. The average molecular weight is 485 g/mol. The smallest absolute Gasteiger partial charge is 0.326 e. The standard InChI is InChI=1S/C22H40N6O6/c1-3-13(2)18(21(32)28-12-6-8-16(28)22(33)34)27-20(31)15(9-10-17(25)29)26-19(30)14(24)7-4-5-11-23/h13-16,18H,3-12,23-24H2,1-2H3,(H2,25,29)(H,26,30)(H,27,31)(H,33,34). The van der Waals surface area contributed by atoms with Crippen LogP contribution in [0.3, 0.4) is 0 Å². The van der Waals surface area contributed by atoms with Gasteiger partial charge in [-0.3, -0.25) is 19.2 Å². The summed E-state index contributed by atoms with van der Waals surface area (Å²) in [6.07, 6.45) is 2.97. The molecular weight excluding hydrogens is 444 g/mol. The van der Waals surface area contributed by atoms with Crippen LogP contribution < -0.4 is 27.8 Å². The highest BCUT2D eigenvalue weighted by Gasteiger charge is 2.40. The molecule has 1 rings (SSSR count). The van der Waals surface area contributed by atoms with E-state index >= 15 is 0 Å². The highest BCUT2D eigenvalue weighted by molar-refractivity contribution is 5.94. The molecule has 0 aliphatic carbocycles. The maximum atomic E-state index is 13.2. The van der Waals surface area contributed by atoms with Crippen LogP contribution >= 0.6 is 0 Å². The molecular formula is C22H40N6O6. The van der Waals surface area contributed by atoms with Crippen molar-refractivity contribution < 1.29 is 29.1 Å². The van der Waals surface area contributed by atoms with E-state index < -0.39 is 53.8 Å². The molecule has 0 spiro atoms. The second-order valence-corrected chi connectivity index (χ2v) is 8.86. The minimum absolute atomic E-state index is 0.0642. The summed E-state index contributed by atoms with van der Waals surface area (Å²) in [6.45, 7) is 4.39. The summed E-state index contributed by atoms with van der Waals surface area (Å²) in [5, 5.41) is 14.7. The quantitative estimate of drug-likeness (QED) is 0.155. The summed E-state index contributed by atoms with van der Waals surface area (Å²) < 4.78 is 0. The minimum Gasteiger partial charge on any atom is -0.480 e. The van der Waals surface area contributed by atoms with Gasteiger partial charge in [0.15, 0.2) is 0 Å². The maximum absolute atomic E-state index is 13.2. The fourth-order valence-corrected chi connectivity index (χ4v) is 3.88. The highest BCUT2D eigenvalue weighted by Crippen LogP contribution is 2.21. The number of hydrogen-bond donors (Lipinski definition) is 6. The second-order valence-electron chi connectivity index (χ2n) is 8.86. The van der Waals surface area contributed by atoms with Crippen LogP contribution in [0.2, 0.25) is 0 Å². The molecule has 0 saturated carbocycles. The number of rotatable bonds is 15. The van der Waals surface area contributed by atoms with Crippen LogP contribution in [-0.2, 0) is 24.0 Å². The fraction of sp³-hybridized carbons (Fsp3) is 0.773. The molecule has 0 aromatic heterocycles. The van der Waals surface area contributed by atoms with Crippen LogP contribution in [0.15, 0.2) is 0 Å². The van der Waals surface area contributed by atoms with Gasteiger partial charge >= 0.3 is 5.97 Å². The van der Waals surface area contributed by atoms with Crippen LogP contribution in [-0.4, -0.2) is 76.9 Å². The molecule has 12 nitrogen and oxygen atoms in total. The number of primary amides is 1. The van der Waals surface area contributed by atoms with Gasteiger partial charge < -0.3 is 37.8 Å². The van der Waals surface area contributed by atoms with Crippen molar-refractivity contribution in [3.63, 3.8) is 0 Å². The third-order valence-electron chi connectivity index (χ3n) is 6.22. The molecule has 0 aromatic carbocycles. The maximum Gasteiger partial charge on any atom is 0.326 e. The number of carbonyl (C=O) groups excluding carboxylic acids is 4.